The van der Waals surface area contributed by atoms with Crippen LogP contribution >= 0.6 is 23.2 Å². The Hall–Kier alpha value is -3.43. The van der Waals surface area contributed by atoms with Crippen molar-refractivity contribution in [2.45, 2.75) is 19.4 Å². The Morgan fingerprint density at radius 1 is 1.19 bits per heavy atom. The van der Waals surface area contributed by atoms with E-state index in [2.05, 4.69) is 25.5 Å². The third-order valence-corrected chi connectivity index (χ3v) is 5.56. The number of anilines is 1. The summed E-state index contributed by atoms with van der Waals surface area (Å²) >= 11 is 12.7. The van der Waals surface area contributed by atoms with Gasteiger partial charge in [-0.05, 0) is 18.6 Å². The molecule has 0 unspecified atom stereocenters. The van der Waals surface area contributed by atoms with Gasteiger partial charge in [0.1, 0.15) is 17.7 Å². The lowest BCUT2D eigenvalue weighted by Crippen LogP contribution is -2.28. The average Bonchev–Trinajstić information content (AvgIpc) is 3.46. The molecule has 0 bridgehead atoms. The highest BCUT2D eigenvalue weighted by Gasteiger charge is 2.24. The zero-order chi connectivity index (χ0) is 21.5. The topological polar surface area (TPSA) is 115 Å². The number of aromatic amines is 1. The number of rotatable bonds is 5. The van der Waals surface area contributed by atoms with Gasteiger partial charge in [0.2, 0.25) is 0 Å². The van der Waals surface area contributed by atoms with Gasteiger partial charge in [-0.3, -0.25) is 9.89 Å². The molecule has 0 amide bonds. The largest absolute Gasteiger partial charge is 0.459 e. The fourth-order valence-corrected chi connectivity index (χ4v) is 3.91. The van der Waals surface area contributed by atoms with Crippen LogP contribution in [0.4, 0.5) is 5.82 Å². The van der Waals surface area contributed by atoms with Crippen molar-refractivity contribution in [1.29, 1.82) is 0 Å². The van der Waals surface area contributed by atoms with E-state index in [-0.39, 0.29) is 16.0 Å². The van der Waals surface area contributed by atoms with Crippen LogP contribution in [0.3, 0.4) is 0 Å². The molecule has 1 atom stereocenters. The highest BCUT2D eigenvalue weighted by atomic mass is 35.5. The normalized spacial score (nSPS) is 12.5. The van der Waals surface area contributed by atoms with Gasteiger partial charge >= 0.3 is 0 Å². The van der Waals surface area contributed by atoms with E-state index in [4.69, 9.17) is 32.6 Å². The number of hydrogen-bond donors (Lipinski definition) is 2. The Balaban J connectivity index is 1.76. The first-order valence-corrected chi connectivity index (χ1v) is 10.2. The Morgan fingerprint density at radius 3 is 2.81 bits per heavy atom. The number of aromatic nitrogens is 6. The summed E-state index contributed by atoms with van der Waals surface area (Å²) in [5.41, 5.74) is 1.13. The lowest BCUT2D eigenvalue weighted by atomic mass is 10.1. The van der Waals surface area contributed by atoms with Gasteiger partial charge in [0.25, 0.3) is 5.56 Å². The summed E-state index contributed by atoms with van der Waals surface area (Å²) in [6.07, 6.45) is 5.19. The van der Waals surface area contributed by atoms with Crippen molar-refractivity contribution in [3.63, 3.8) is 0 Å². The predicted octanol–water partition coefficient (Wildman–Crippen LogP) is 4.52. The standard InChI is InChI=1S/C20H15Cl2N7O2/c1-2-12(26-18-17-13(6-8-31-17)23-9-24-18)19-27-16-11(22)4-3-10(21)15(16)20(30)29(19)14-5-7-25-28-14/h3-9,12H,2H2,1H3,(H,25,28)(H,23,24,26)/t12-/m0/s1. The SMILES string of the molecule is CC[C@H](Nc1ncnc2ccoc12)c1nc2c(Cl)ccc(Cl)c2c(=O)n1-c1cc[nH]n1. The third-order valence-electron chi connectivity index (χ3n) is 4.94. The van der Waals surface area contributed by atoms with E-state index in [1.165, 1.54) is 10.9 Å². The Morgan fingerprint density at radius 2 is 2.03 bits per heavy atom. The molecule has 0 aliphatic heterocycles. The minimum Gasteiger partial charge on any atom is -0.459 e. The van der Waals surface area contributed by atoms with Crippen molar-refractivity contribution in [2.24, 2.45) is 0 Å². The van der Waals surface area contributed by atoms with Crippen molar-refractivity contribution < 1.29 is 4.42 Å². The van der Waals surface area contributed by atoms with Crippen LogP contribution in [0, 0.1) is 0 Å². The van der Waals surface area contributed by atoms with E-state index in [0.29, 0.717) is 45.5 Å². The molecule has 1 aromatic carbocycles. The summed E-state index contributed by atoms with van der Waals surface area (Å²) in [7, 11) is 0. The fourth-order valence-electron chi connectivity index (χ4n) is 3.47. The van der Waals surface area contributed by atoms with Gasteiger partial charge < -0.3 is 9.73 Å². The summed E-state index contributed by atoms with van der Waals surface area (Å²) in [5, 5.41) is 11.1. The number of halogens is 2. The van der Waals surface area contributed by atoms with Crippen LogP contribution in [-0.2, 0) is 0 Å². The maximum absolute atomic E-state index is 13.5. The zero-order valence-corrected chi connectivity index (χ0v) is 17.6. The minimum atomic E-state index is -0.424. The van der Waals surface area contributed by atoms with Gasteiger partial charge in [-0.15, -0.1) is 0 Å². The molecule has 0 radical (unpaired) electrons. The fraction of sp³-hybridized carbons (Fsp3) is 0.150. The Bertz CT molecular complexity index is 1460. The van der Waals surface area contributed by atoms with Crippen LogP contribution in [0.5, 0.6) is 0 Å². The average molecular weight is 456 g/mol. The molecular weight excluding hydrogens is 441 g/mol. The summed E-state index contributed by atoms with van der Waals surface area (Å²) in [5.74, 6) is 1.29. The van der Waals surface area contributed by atoms with Gasteiger partial charge in [0.15, 0.2) is 17.2 Å². The first kappa shape index (κ1) is 19.5. The van der Waals surface area contributed by atoms with Crippen LogP contribution in [0.15, 0.2) is 52.3 Å². The van der Waals surface area contributed by atoms with Gasteiger partial charge in [-0.2, -0.15) is 5.10 Å². The molecule has 0 aliphatic rings. The van der Waals surface area contributed by atoms with Crippen molar-refractivity contribution in [1.82, 2.24) is 29.7 Å². The van der Waals surface area contributed by atoms with Crippen LogP contribution in [0.25, 0.3) is 27.8 Å². The molecule has 11 heteroatoms. The molecule has 4 heterocycles. The number of H-pyrrole nitrogens is 1. The number of nitrogens with zero attached hydrogens (tertiary/aromatic N) is 5. The second-order valence-electron chi connectivity index (χ2n) is 6.76. The maximum Gasteiger partial charge on any atom is 0.268 e. The molecule has 0 saturated heterocycles. The van der Waals surface area contributed by atoms with E-state index in [0.717, 1.165) is 0 Å². The molecule has 5 aromatic rings. The molecule has 2 N–H and O–H groups in total. The summed E-state index contributed by atoms with van der Waals surface area (Å²) < 4.78 is 6.95. The molecule has 5 rings (SSSR count). The first-order valence-electron chi connectivity index (χ1n) is 9.44. The van der Waals surface area contributed by atoms with Crippen molar-refractivity contribution in [3.8, 4) is 5.82 Å². The molecule has 0 saturated carbocycles. The molecule has 156 valence electrons. The molecule has 0 spiro atoms. The number of hydrogen-bond acceptors (Lipinski definition) is 7. The molecule has 0 fully saturated rings. The summed E-state index contributed by atoms with van der Waals surface area (Å²) in [4.78, 5) is 26.7. The highest BCUT2D eigenvalue weighted by Crippen LogP contribution is 2.30. The predicted molar refractivity (Wildman–Crippen MR) is 118 cm³/mol. The van der Waals surface area contributed by atoms with Crippen LogP contribution < -0.4 is 10.9 Å². The van der Waals surface area contributed by atoms with E-state index < -0.39 is 6.04 Å². The lowest BCUT2D eigenvalue weighted by molar-refractivity contribution is 0.609. The first-order chi connectivity index (χ1) is 15.1. The monoisotopic (exact) mass is 455 g/mol. The quantitative estimate of drug-likeness (QED) is 0.400. The van der Waals surface area contributed by atoms with E-state index in [1.54, 1.807) is 36.7 Å². The van der Waals surface area contributed by atoms with Crippen LogP contribution in [-0.4, -0.2) is 29.7 Å². The zero-order valence-electron chi connectivity index (χ0n) is 16.1. The van der Waals surface area contributed by atoms with E-state index in [9.17, 15) is 4.79 Å². The molecule has 0 aliphatic carbocycles. The van der Waals surface area contributed by atoms with Crippen molar-refractivity contribution in [3.05, 3.63) is 69.3 Å². The number of furan rings is 1. The van der Waals surface area contributed by atoms with Gasteiger partial charge in [-0.1, -0.05) is 30.1 Å². The van der Waals surface area contributed by atoms with Gasteiger partial charge in [0.05, 0.1) is 33.3 Å². The van der Waals surface area contributed by atoms with Crippen molar-refractivity contribution >= 4 is 51.0 Å². The van der Waals surface area contributed by atoms with E-state index in [1.807, 2.05) is 6.92 Å². The van der Waals surface area contributed by atoms with E-state index >= 15 is 0 Å². The van der Waals surface area contributed by atoms with Crippen LogP contribution in [0.1, 0.15) is 25.2 Å². The minimum absolute atomic E-state index is 0.228. The van der Waals surface area contributed by atoms with Crippen molar-refractivity contribution in [2.75, 3.05) is 5.32 Å². The second-order valence-corrected chi connectivity index (χ2v) is 7.57. The van der Waals surface area contributed by atoms with Gasteiger partial charge in [-0.25, -0.2) is 19.5 Å². The number of nitrogens with one attached hydrogen (secondary N) is 2. The number of fused-ring (bicyclic) bond motifs is 2. The smallest absolute Gasteiger partial charge is 0.268 e. The maximum atomic E-state index is 13.5. The lowest BCUT2D eigenvalue weighted by Gasteiger charge is -2.21. The second kappa shape index (κ2) is 7.68. The molecule has 31 heavy (non-hydrogen) atoms. The molecule has 9 nitrogen and oxygen atoms in total. The molecular formula is C20H15Cl2N7O2. The number of benzene rings is 1. The van der Waals surface area contributed by atoms with Gasteiger partial charge in [0, 0.05) is 18.3 Å². The summed E-state index contributed by atoms with van der Waals surface area (Å²) in [6, 6.07) is 6.20. The highest BCUT2D eigenvalue weighted by molar-refractivity contribution is 6.39. The summed E-state index contributed by atoms with van der Waals surface area (Å²) in [6.45, 7) is 1.96. The van der Waals surface area contributed by atoms with Crippen LogP contribution in [0.2, 0.25) is 10.0 Å². The third kappa shape index (κ3) is 3.22. The Labute approximate surface area is 185 Å². The Kier molecular flexibility index (Phi) is 4.84. The molecule has 4 aromatic heterocycles.